The summed E-state index contributed by atoms with van der Waals surface area (Å²) in [6, 6.07) is 10.7. The Labute approximate surface area is 221 Å². The van der Waals surface area contributed by atoms with Gasteiger partial charge in [0, 0.05) is 32.0 Å². The summed E-state index contributed by atoms with van der Waals surface area (Å²) in [7, 11) is -2.98. The maximum Gasteiger partial charge on any atom is 0.308 e. The van der Waals surface area contributed by atoms with Gasteiger partial charge in [-0.2, -0.15) is 9.57 Å². The van der Waals surface area contributed by atoms with Gasteiger partial charge in [-0.25, -0.2) is 8.42 Å². The van der Waals surface area contributed by atoms with Crippen molar-refractivity contribution in [1.82, 2.24) is 4.31 Å². The molecule has 0 aliphatic rings. The van der Waals surface area contributed by atoms with Crippen LogP contribution in [0.1, 0.15) is 32.8 Å². The van der Waals surface area contributed by atoms with Gasteiger partial charge in [0.1, 0.15) is 11.7 Å². The molecule has 0 aliphatic carbocycles. The zero-order valence-electron chi connectivity index (χ0n) is 20.9. The highest BCUT2D eigenvalue weighted by Gasteiger charge is 2.33. The maximum atomic E-state index is 13.6. The molecule has 0 heterocycles. The number of ether oxygens (including phenoxy) is 2. The van der Waals surface area contributed by atoms with Gasteiger partial charge < -0.3 is 14.8 Å². The van der Waals surface area contributed by atoms with Crippen molar-refractivity contribution in [3.8, 4) is 6.07 Å². The number of hydrogen-bond acceptors (Lipinski definition) is 9. The van der Waals surface area contributed by atoms with Crippen molar-refractivity contribution in [1.29, 1.82) is 5.26 Å². The molecular formula is C24H29ClN4O7S. The Morgan fingerprint density at radius 2 is 1.95 bits per heavy atom. The topological polar surface area (TPSA) is 152 Å². The van der Waals surface area contributed by atoms with E-state index < -0.39 is 43.1 Å². The molecule has 0 aromatic heterocycles. The second-order valence-electron chi connectivity index (χ2n) is 9.02. The molecule has 0 unspecified atom stereocenters. The van der Waals surface area contributed by atoms with Crippen molar-refractivity contribution in [2.24, 2.45) is 0 Å². The monoisotopic (exact) mass is 552 g/mol. The summed E-state index contributed by atoms with van der Waals surface area (Å²) < 4.78 is 38.6. The number of nitro benzene ring substituents is 1. The molecule has 200 valence electrons. The number of nitrogens with zero attached hydrogens (tertiary/aromatic N) is 3. The average molecular weight is 553 g/mol. The van der Waals surface area contributed by atoms with E-state index >= 15 is 0 Å². The molecule has 2 rings (SSSR count). The molecule has 0 amide bonds. The fourth-order valence-corrected chi connectivity index (χ4v) is 5.24. The van der Waals surface area contributed by atoms with Crippen molar-refractivity contribution in [3.63, 3.8) is 0 Å². The molecule has 2 aromatic rings. The summed E-state index contributed by atoms with van der Waals surface area (Å²) >= 11 is 6.14. The lowest BCUT2D eigenvalue weighted by Gasteiger charge is -2.29. The van der Waals surface area contributed by atoms with Crippen LogP contribution in [0.25, 0.3) is 0 Å². The number of methoxy groups -OCH3 is 1. The van der Waals surface area contributed by atoms with E-state index in [-0.39, 0.29) is 36.7 Å². The van der Waals surface area contributed by atoms with E-state index in [0.29, 0.717) is 5.69 Å². The Hall–Kier alpha value is -3.24. The van der Waals surface area contributed by atoms with Crippen LogP contribution in [0.15, 0.2) is 47.4 Å². The smallest absolute Gasteiger partial charge is 0.308 e. The second kappa shape index (κ2) is 12.8. The van der Waals surface area contributed by atoms with E-state index in [1.54, 1.807) is 26.8 Å². The number of rotatable bonds is 12. The van der Waals surface area contributed by atoms with Crippen LogP contribution in [0.3, 0.4) is 0 Å². The molecule has 13 heteroatoms. The van der Waals surface area contributed by atoms with Crippen molar-refractivity contribution in [2.75, 3.05) is 32.1 Å². The predicted octanol–water partition coefficient (Wildman–Crippen LogP) is 3.97. The Kier molecular flexibility index (Phi) is 10.4. The molecule has 37 heavy (non-hydrogen) atoms. The molecule has 0 saturated carbocycles. The summed E-state index contributed by atoms with van der Waals surface area (Å²) in [5.41, 5.74) is -0.657. The standard InChI is InChI=1S/C24H29ClN4O7S/c1-24(2,3)36-23(30)14-19(27-18-10-9-17(15-26)20(25)13-18)16-28(11-12-35-4)37(33,34)22-8-6-5-7-21(22)29(31)32/h5-10,13,19,27H,11-12,14,16H2,1-4H3/t19-/m0/s1. The van der Waals surface area contributed by atoms with Gasteiger partial charge >= 0.3 is 5.97 Å². The number of anilines is 1. The van der Waals surface area contributed by atoms with Gasteiger partial charge in [0.25, 0.3) is 5.69 Å². The number of nitro groups is 1. The Balaban J connectivity index is 2.47. The first-order valence-corrected chi connectivity index (χ1v) is 13.0. The molecule has 0 saturated heterocycles. The fourth-order valence-electron chi connectivity index (χ4n) is 3.39. The SMILES string of the molecule is COCCN(C[C@H](CC(=O)OC(C)(C)C)Nc1ccc(C#N)c(Cl)c1)S(=O)(=O)c1ccccc1[N+](=O)[O-]. The molecule has 0 radical (unpaired) electrons. The molecule has 0 spiro atoms. The van der Waals surface area contributed by atoms with Gasteiger partial charge in [0.15, 0.2) is 4.90 Å². The molecule has 0 aliphatic heterocycles. The van der Waals surface area contributed by atoms with Crippen molar-refractivity contribution in [3.05, 3.63) is 63.2 Å². The van der Waals surface area contributed by atoms with Crippen molar-refractivity contribution < 1.29 is 27.6 Å². The largest absolute Gasteiger partial charge is 0.460 e. The highest BCUT2D eigenvalue weighted by molar-refractivity contribution is 7.89. The van der Waals surface area contributed by atoms with Crippen LogP contribution in [-0.2, 0) is 24.3 Å². The van der Waals surface area contributed by atoms with Gasteiger partial charge in [-0.15, -0.1) is 0 Å². The van der Waals surface area contributed by atoms with E-state index in [1.807, 2.05) is 6.07 Å². The van der Waals surface area contributed by atoms with Gasteiger partial charge in [-0.3, -0.25) is 14.9 Å². The molecule has 1 N–H and O–H groups in total. The Bertz CT molecular complexity index is 1270. The number of nitriles is 1. The van der Waals surface area contributed by atoms with E-state index in [2.05, 4.69) is 5.32 Å². The minimum absolute atomic E-state index is 0.00170. The average Bonchev–Trinajstić information content (AvgIpc) is 2.80. The third kappa shape index (κ3) is 8.68. The highest BCUT2D eigenvalue weighted by atomic mass is 35.5. The summed E-state index contributed by atoms with van der Waals surface area (Å²) in [6.45, 7) is 4.73. The second-order valence-corrected chi connectivity index (χ2v) is 11.3. The first-order valence-electron chi connectivity index (χ1n) is 11.2. The third-order valence-electron chi connectivity index (χ3n) is 4.94. The van der Waals surface area contributed by atoms with Crippen LogP contribution >= 0.6 is 11.6 Å². The van der Waals surface area contributed by atoms with Gasteiger partial charge in [-0.05, 0) is 45.0 Å². The number of halogens is 1. The van der Waals surface area contributed by atoms with Crippen LogP contribution < -0.4 is 5.32 Å². The predicted molar refractivity (Wildman–Crippen MR) is 138 cm³/mol. The lowest BCUT2D eigenvalue weighted by Crippen LogP contribution is -2.43. The quantitative estimate of drug-likeness (QED) is 0.234. The van der Waals surface area contributed by atoms with Crippen LogP contribution in [0.4, 0.5) is 11.4 Å². The summed E-state index contributed by atoms with van der Waals surface area (Å²) in [4.78, 5) is 22.9. The fraction of sp³-hybridized carbons (Fsp3) is 0.417. The zero-order valence-corrected chi connectivity index (χ0v) is 22.5. The molecule has 1 atom stereocenters. The zero-order chi connectivity index (χ0) is 27.8. The lowest BCUT2D eigenvalue weighted by atomic mass is 10.1. The Morgan fingerprint density at radius 3 is 2.51 bits per heavy atom. The summed E-state index contributed by atoms with van der Waals surface area (Å²) in [5, 5.41) is 23.9. The Morgan fingerprint density at radius 1 is 1.27 bits per heavy atom. The molecular weight excluding hydrogens is 524 g/mol. The number of carbonyl (C=O) groups excluding carboxylic acids is 1. The number of para-hydroxylation sites is 1. The van der Waals surface area contributed by atoms with Crippen molar-refractivity contribution >= 4 is 39.0 Å². The number of esters is 1. The molecule has 11 nitrogen and oxygen atoms in total. The van der Waals surface area contributed by atoms with Crippen LogP contribution in [0, 0.1) is 21.4 Å². The number of nitrogens with one attached hydrogen (secondary N) is 1. The normalized spacial score (nSPS) is 12.6. The van der Waals surface area contributed by atoms with E-state index in [0.717, 1.165) is 16.4 Å². The van der Waals surface area contributed by atoms with Crippen LogP contribution in [-0.4, -0.2) is 62.1 Å². The molecule has 0 bridgehead atoms. The number of benzene rings is 2. The number of sulfonamides is 1. The van der Waals surface area contributed by atoms with Crippen molar-refractivity contribution in [2.45, 2.75) is 43.7 Å². The molecule has 2 aromatic carbocycles. The minimum atomic E-state index is -4.38. The summed E-state index contributed by atoms with van der Waals surface area (Å²) in [5.74, 6) is -0.584. The maximum absolute atomic E-state index is 13.6. The van der Waals surface area contributed by atoms with E-state index in [4.69, 9.17) is 26.3 Å². The van der Waals surface area contributed by atoms with Crippen LogP contribution in [0.5, 0.6) is 0 Å². The van der Waals surface area contributed by atoms with E-state index in [9.17, 15) is 23.3 Å². The summed E-state index contributed by atoms with van der Waals surface area (Å²) in [6.07, 6.45) is -0.231. The number of carbonyl (C=O) groups is 1. The molecule has 0 fully saturated rings. The first kappa shape index (κ1) is 30.0. The van der Waals surface area contributed by atoms with Crippen LogP contribution in [0.2, 0.25) is 5.02 Å². The lowest BCUT2D eigenvalue weighted by molar-refractivity contribution is -0.387. The number of hydrogen-bond donors (Lipinski definition) is 1. The minimum Gasteiger partial charge on any atom is -0.460 e. The van der Waals surface area contributed by atoms with Gasteiger partial charge in [-0.1, -0.05) is 23.7 Å². The first-order chi connectivity index (χ1) is 17.3. The third-order valence-corrected chi connectivity index (χ3v) is 7.17. The van der Waals surface area contributed by atoms with Gasteiger partial charge in [0.2, 0.25) is 10.0 Å². The van der Waals surface area contributed by atoms with Gasteiger partial charge in [0.05, 0.1) is 34.6 Å². The highest BCUT2D eigenvalue weighted by Crippen LogP contribution is 2.27. The van der Waals surface area contributed by atoms with E-state index in [1.165, 1.54) is 31.4 Å².